The lowest BCUT2D eigenvalue weighted by molar-refractivity contribution is -0.0979. The van der Waals surface area contributed by atoms with Crippen LogP contribution in [0.5, 0.6) is 0 Å². The molecule has 3 nitrogen and oxygen atoms in total. The summed E-state index contributed by atoms with van der Waals surface area (Å²) in [4.78, 5) is 4.46. The van der Waals surface area contributed by atoms with Crippen LogP contribution < -0.4 is 5.32 Å². The first-order chi connectivity index (χ1) is 9.72. The van der Waals surface area contributed by atoms with E-state index in [0.717, 1.165) is 18.7 Å². The Morgan fingerprint density at radius 3 is 2.80 bits per heavy atom. The molecule has 2 aliphatic rings. The molecule has 1 aliphatic carbocycles. The Bertz CT molecular complexity index is 437. The first-order valence-electron chi connectivity index (χ1n) is 7.96. The van der Waals surface area contributed by atoms with Crippen LogP contribution in [0.4, 0.5) is 0 Å². The fourth-order valence-corrected chi connectivity index (χ4v) is 4.06. The lowest BCUT2D eigenvalue weighted by Gasteiger charge is -2.41. The molecule has 0 bridgehead atoms. The van der Waals surface area contributed by atoms with Crippen LogP contribution in [0.3, 0.4) is 0 Å². The van der Waals surface area contributed by atoms with Gasteiger partial charge in [-0.15, -0.1) is 0 Å². The highest BCUT2D eigenvalue weighted by Crippen LogP contribution is 2.45. The van der Waals surface area contributed by atoms with Gasteiger partial charge >= 0.3 is 0 Å². The number of aryl methyl sites for hydroxylation is 1. The van der Waals surface area contributed by atoms with Crippen molar-refractivity contribution in [1.82, 2.24) is 10.3 Å². The van der Waals surface area contributed by atoms with Crippen molar-refractivity contribution in [3.05, 3.63) is 29.6 Å². The fraction of sp³-hybridized carbons (Fsp3) is 0.706. The average Bonchev–Trinajstić information content (AvgIpc) is 2.90. The Kier molecular flexibility index (Phi) is 4.08. The van der Waals surface area contributed by atoms with Crippen molar-refractivity contribution in [3.63, 3.8) is 0 Å². The standard InChI is InChI=1S/C17H26N2O/c1-13-5-6-15(12-19-13)16(18-2)14-7-10-20-17(11-14)8-3-4-9-17/h5-6,12,14,16,18H,3-4,7-11H2,1-2H3. The van der Waals surface area contributed by atoms with E-state index in [9.17, 15) is 0 Å². The Morgan fingerprint density at radius 2 is 2.15 bits per heavy atom. The second-order valence-electron chi connectivity index (χ2n) is 6.49. The van der Waals surface area contributed by atoms with Crippen LogP contribution in [0.2, 0.25) is 0 Å². The van der Waals surface area contributed by atoms with E-state index in [0.29, 0.717) is 12.0 Å². The maximum absolute atomic E-state index is 6.16. The fourth-order valence-electron chi connectivity index (χ4n) is 4.06. The Labute approximate surface area is 122 Å². The molecule has 0 radical (unpaired) electrons. The van der Waals surface area contributed by atoms with Crippen LogP contribution in [-0.2, 0) is 4.74 Å². The van der Waals surface area contributed by atoms with E-state index in [4.69, 9.17) is 4.74 Å². The van der Waals surface area contributed by atoms with Crippen LogP contribution in [-0.4, -0.2) is 24.2 Å². The molecule has 1 aromatic heterocycles. The molecule has 0 amide bonds. The topological polar surface area (TPSA) is 34.2 Å². The summed E-state index contributed by atoms with van der Waals surface area (Å²) < 4.78 is 6.16. The quantitative estimate of drug-likeness (QED) is 0.917. The highest BCUT2D eigenvalue weighted by Gasteiger charge is 2.42. The second kappa shape index (κ2) is 5.82. The normalized spacial score (nSPS) is 26.8. The minimum atomic E-state index is 0.191. The third kappa shape index (κ3) is 2.75. The van der Waals surface area contributed by atoms with E-state index < -0.39 is 0 Å². The zero-order valence-corrected chi connectivity index (χ0v) is 12.7. The van der Waals surface area contributed by atoms with Gasteiger partial charge in [0, 0.05) is 24.5 Å². The van der Waals surface area contributed by atoms with Crippen LogP contribution >= 0.6 is 0 Å². The van der Waals surface area contributed by atoms with Gasteiger partial charge in [0.25, 0.3) is 0 Å². The summed E-state index contributed by atoms with van der Waals surface area (Å²) in [5.74, 6) is 0.663. The summed E-state index contributed by atoms with van der Waals surface area (Å²) in [5, 5.41) is 3.52. The second-order valence-corrected chi connectivity index (χ2v) is 6.49. The molecular weight excluding hydrogens is 248 g/mol. The lowest BCUT2D eigenvalue weighted by atomic mass is 9.79. The SMILES string of the molecule is CNC(c1ccc(C)nc1)C1CCOC2(CCCC2)C1. The number of hydrogen-bond acceptors (Lipinski definition) is 3. The van der Waals surface area contributed by atoms with Crippen LogP contribution in [0.1, 0.15) is 55.8 Å². The molecule has 3 heteroatoms. The summed E-state index contributed by atoms with van der Waals surface area (Å²) >= 11 is 0. The molecule has 1 spiro atoms. The predicted octanol–water partition coefficient (Wildman–Crippen LogP) is 3.39. The summed E-state index contributed by atoms with van der Waals surface area (Å²) in [5.41, 5.74) is 2.59. The van der Waals surface area contributed by atoms with Gasteiger partial charge in [-0.1, -0.05) is 18.9 Å². The number of rotatable bonds is 3. The summed E-state index contributed by atoms with van der Waals surface area (Å²) in [6.07, 6.45) is 9.57. The van der Waals surface area contributed by atoms with Gasteiger partial charge in [-0.3, -0.25) is 4.98 Å². The number of ether oxygens (including phenoxy) is 1. The van der Waals surface area contributed by atoms with E-state index >= 15 is 0 Å². The molecule has 1 aliphatic heterocycles. The number of aromatic nitrogens is 1. The van der Waals surface area contributed by atoms with Crippen molar-refractivity contribution in [2.45, 2.75) is 57.1 Å². The maximum atomic E-state index is 6.16. The molecule has 1 aromatic rings. The molecule has 3 rings (SSSR count). The summed E-state index contributed by atoms with van der Waals surface area (Å²) in [6, 6.07) is 4.74. The van der Waals surface area contributed by atoms with E-state index in [1.807, 2.05) is 13.1 Å². The zero-order valence-electron chi connectivity index (χ0n) is 12.7. The summed E-state index contributed by atoms with van der Waals surface area (Å²) in [6.45, 7) is 2.96. The van der Waals surface area contributed by atoms with Gasteiger partial charge in [-0.25, -0.2) is 0 Å². The number of nitrogens with zero attached hydrogens (tertiary/aromatic N) is 1. The van der Waals surface area contributed by atoms with Crippen molar-refractivity contribution in [1.29, 1.82) is 0 Å². The van der Waals surface area contributed by atoms with Gasteiger partial charge in [-0.05, 0) is 57.2 Å². The molecule has 2 unspecified atom stereocenters. The molecule has 2 heterocycles. The Hall–Kier alpha value is -0.930. The lowest BCUT2D eigenvalue weighted by Crippen LogP contribution is -2.41. The highest BCUT2D eigenvalue weighted by atomic mass is 16.5. The molecule has 1 saturated carbocycles. The molecule has 0 aromatic carbocycles. The van der Waals surface area contributed by atoms with Gasteiger partial charge in [0.05, 0.1) is 5.60 Å². The Morgan fingerprint density at radius 1 is 1.35 bits per heavy atom. The molecule has 1 saturated heterocycles. The molecule has 2 fully saturated rings. The third-order valence-corrected chi connectivity index (χ3v) is 5.12. The van der Waals surface area contributed by atoms with E-state index in [2.05, 4.69) is 29.5 Å². The van der Waals surface area contributed by atoms with Crippen molar-refractivity contribution in [2.24, 2.45) is 5.92 Å². The molecule has 1 N–H and O–H groups in total. The van der Waals surface area contributed by atoms with Crippen molar-refractivity contribution >= 4 is 0 Å². The molecule has 20 heavy (non-hydrogen) atoms. The smallest absolute Gasteiger partial charge is 0.0686 e. The summed E-state index contributed by atoms with van der Waals surface area (Å²) in [7, 11) is 2.07. The zero-order chi connectivity index (χ0) is 14.0. The minimum Gasteiger partial charge on any atom is -0.375 e. The van der Waals surface area contributed by atoms with Gasteiger partial charge in [0.2, 0.25) is 0 Å². The van der Waals surface area contributed by atoms with E-state index in [1.165, 1.54) is 37.7 Å². The van der Waals surface area contributed by atoms with Crippen LogP contribution in [0.25, 0.3) is 0 Å². The number of nitrogens with one attached hydrogen (secondary N) is 1. The van der Waals surface area contributed by atoms with Gasteiger partial charge < -0.3 is 10.1 Å². The molecule has 110 valence electrons. The van der Waals surface area contributed by atoms with Crippen molar-refractivity contribution < 1.29 is 4.74 Å². The van der Waals surface area contributed by atoms with E-state index in [-0.39, 0.29) is 5.60 Å². The first-order valence-corrected chi connectivity index (χ1v) is 7.96. The van der Waals surface area contributed by atoms with Gasteiger partial charge in [0.1, 0.15) is 0 Å². The number of pyridine rings is 1. The van der Waals surface area contributed by atoms with Crippen LogP contribution in [0.15, 0.2) is 18.3 Å². The van der Waals surface area contributed by atoms with Gasteiger partial charge in [0.15, 0.2) is 0 Å². The third-order valence-electron chi connectivity index (χ3n) is 5.12. The largest absolute Gasteiger partial charge is 0.375 e. The highest BCUT2D eigenvalue weighted by molar-refractivity contribution is 5.18. The Balaban J connectivity index is 1.76. The predicted molar refractivity (Wildman–Crippen MR) is 80.6 cm³/mol. The van der Waals surface area contributed by atoms with E-state index in [1.54, 1.807) is 0 Å². The first kappa shape index (κ1) is 14.0. The van der Waals surface area contributed by atoms with Crippen molar-refractivity contribution in [2.75, 3.05) is 13.7 Å². The minimum absolute atomic E-state index is 0.191. The monoisotopic (exact) mass is 274 g/mol. The van der Waals surface area contributed by atoms with Gasteiger partial charge in [-0.2, -0.15) is 0 Å². The molecular formula is C17H26N2O. The average molecular weight is 274 g/mol. The number of hydrogen-bond donors (Lipinski definition) is 1. The van der Waals surface area contributed by atoms with Crippen LogP contribution in [0, 0.1) is 12.8 Å². The maximum Gasteiger partial charge on any atom is 0.0686 e. The molecule has 2 atom stereocenters. The van der Waals surface area contributed by atoms with Crippen molar-refractivity contribution in [3.8, 4) is 0 Å².